The molecule has 0 aliphatic heterocycles. The maximum atomic E-state index is 3.83. The minimum Gasteiger partial charge on any atom is -0.0913 e. The van der Waals surface area contributed by atoms with Crippen molar-refractivity contribution < 1.29 is 0 Å². The standard InChI is InChI=1S/C9H14S2/c1-7(2)9(8(3)4)11-6-5-10/h7,10H,1-4H3. The summed E-state index contributed by atoms with van der Waals surface area (Å²) in [5, 5.41) is 5.47. The normalized spacial score (nSPS) is 8.91. The minimum absolute atomic E-state index is 0.569. The molecule has 0 aromatic rings. The third-order valence-electron chi connectivity index (χ3n) is 1.22. The van der Waals surface area contributed by atoms with Crippen LogP contribution in [0.4, 0.5) is 0 Å². The molecule has 0 saturated heterocycles. The van der Waals surface area contributed by atoms with Gasteiger partial charge in [0.2, 0.25) is 0 Å². The first-order valence-corrected chi connectivity index (χ1v) is 4.84. The molecule has 11 heavy (non-hydrogen) atoms. The SMILES string of the molecule is CC(C)=C(SC#CS)C(C)C. The molecule has 0 aliphatic rings. The van der Waals surface area contributed by atoms with Gasteiger partial charge in [0.1, 0.15) is 0 Å². The smallest absolute Gasteiger partial charge is 0.000927 e. The van der Waals surface area contributed by atoms with Gasteiger partial charge in [-0.25, -0.2) is 0 Å². The van der Waals surface area contributed by atoms with E-state index in [9.17, 15) is 0 Å². The highest BCUT2D eigenvalue weighted by atomic mass is 32.2. The van der Waals surface area contributed by atoms with E-state index < -0.39 is 0 Å². The fraction of sp³-hybridized carbons (Fsp3) is 0.556. The van der Waals surface area contributed by atoms with Crippen molar-refractivity contribution in [3.63, 3.8) is 0 Å². The molecule has 0 atom stereocenters. The van der Waals surface area contributed by atoms with Crippen LogP contribution in [0.5, 0.6) is 0 Å². The summed E-state index contributed by atoms with van der Waals surface area (Å²) in [5.74, 6) is 0.569. The highest BCUT2D eigenvalue weighted by molar-refractivity contribution is 8.08. The first-order valence-electron chi connectivity index (χ1n) is 3.58. The van der Waals surface area contributed by atoms with E-state index in [0.29, 0.717) is 5.92 Å². The lowest BCUT2D eigenvalue weighted by atomic mass is 10.1. The molecular formula is C9H14S2. The molecule has 0 fully saturated rings. The Kier molecular flexibility index (Phi) is 5.62. The van der Waals surface area contributed by atoms with Gasteiger partial charge in [0, 0.05) is 0 Å². The Morgan fingerprint density at radius 1 is 1.36 bits per heavy atom. The van der Waals surface area contributed by atoms with Crippen molar-refractivity contribution in [2.45, 2.75) is 27.7 Å². The summed E-state index contributed by atoms with van der Waals surface area (Å²) in [6.45, 7) is 8.58. The van der Waals surface area contributed by atoms with Crippen LogP contribution in [0.1, 0.15) is 27.7 Å². The maximum absolute atomic E-state index is 3.83. The summed E-state index contributed by atoms with van der Waals surface area (Å²) in [6.07, 6.45) is 0. The van der Waals surface area contributed by atoms with Crippen LogP contribution >= 0.6 is 24.4 Å². The highest BCUT2D eigenvalue weighted by Crippen LogP contribution is 2.26. The Morgan fingerprint density at radius 3 is 2.18 bits per heavy atom. The molecule has 0 aromatic heterocycles. The van der Waals surface area contributed by atoms with Gasteiger partial charge in [0.15, 0.2) is 0 Å². The molecule has 0 saturated carbocycles. The van der Waals surface area contributed by atoms with Crippen molar-refractivity contribution in [2.24, 2.45) is 5.92 Å². The Balaban J connectivity index is 4.34. The average molecular weight is 186 g/mol. The lowest BCUT2D eigenvalue weighted by Crippen LogP contribution is -1.90. The van der Waals surface area contributed by atoms with Crippen LogP contribution < -0.4 is 0 Å². The van der Waals surface area contributed by atoms with Crippen molar-refractivity contribution in [1.29, 1.82) is 0 Å². The predicted molar refractivity (Wildman–Crippen MR) is 57.6 cm³/mol. The molecule has 0 radical (unpaired) electrons. The van der Waals surface area contributed by atoms with Crippen LogP contribution in [0.3, 0.4) is 0 Å². The molecule has 2 heteroatoms. The van der Waals surface area contributed by atoms with Gasteiger partial charge in [-0.05, 0) is 46.9 Å². The van der Waals surface area contributed by atoms with Crippen molar-refractivity contribution in [1.82, 2.24) is 0 Å². The Morgan fingerprint density at radius 2 is 1.91 bits per heavy atom. The van der Waals surface area contributed by atoms with Gasteiger partial charge >= 0.3 is 0 Å². The zero-order valence-corrected chi connectivity index (χ0v) is 9.14. The summed E-state index contributed by atoms with van der Waals surface area (Å²) < 4.78 is 0. The van der Waals surface area contributed by atoms with E-state index in [1.807, 2.05) is 0 Å². The van der Waals surface area contributed by atoms with E-state index in [-0.39, 0.29) is 0 Å². The first-order chi connectivity index (χ1) is 5.09. The predicted octanol–water partition coefficient (Wildman–Crippen LogP) is 3.52. The molecular weight excluding hydrogens is 172 g/mol. The van der Waals surface area contributed by atoms with E-state index in [2.05, 4.69) is 50.8 Å². The summed E-state index contributed by atoms with van der Waals surface area (Å²) in [4.78, 5) is 1.35. The van der Waals surface area contributed by atoms with E-state index in [4.69, 9.17) is 0 Å². The molecule has 0 spiro atoms. The maximum Gasteiger partial charge on any atom is -0.000927 e. The van der Waals surface area contributed by atoms with Gasteiger partial charge in [0.25, 0.3) is 0 Å². The van der Waals surface area contributed by atoms with Gasteiger partial charge in [-0.3, -0.25) is 0 Å². The van der Waals surface area contributed by atoms with Gasteiger partial charge in [0.05, 0.1) is 0 Å². The van der Waals surface area contributed by atoms with Crippen LogP contribution in [0.15, 0.2) is 10.5 Å². The molecule has 0 nitrogen and oxygen atoms in total. The lowest BCUT2D eigenvalue weighted by Gasteiger charge is -2.08. The van der Waals surface area contributed by atoms with Gasteiger partial charge < -0.3 is 0 Å². The molecule has 62 valence electrons. The number of hydrogen-bond donors (Lipinski definition) is 1. The Labute approximate surface area is 79.2 Å². The summed E-state index contributed by atoms with van der Waals surface area (Å²) in [5.41, 5.74) is 1.35. The number of hydrogen-bond acceptors (Lipinski definition) is 2. The van der Waals surface area contributed by atoms with Crippen LogP contribution in [-0.4, -0.2) is 0 Å². The fourth-order valence-electron chi connectivity index (χ4n) is 0.875. The molecule has 0 amide bonds. The van der Waals surface area contributed by atoms with E-state index >= 15 is 0 Å². The average Bonchev–Trinajstić information content (AvgIpc) is 1.87. The Hall–Kier alpha value is -0.0000000000000000555. The second kappa shape index (κ2) is 5.62. The van der Waals surface area contributed by atoms with Crippen LogP contribution in [-0.2, 0) is 0 Å². The van der Waals surface area contributed by atoms with E-state index in [0.717, 1.165) is 0 Å². The highest BCUT2D eigenvalue weighted by Gasteiger charge is 2.03. The molecule has 0 rings (SSSR count). The third-order valence-corrected chi connectivity index (χ3v) is 2.79. The van der Waals surface area contributed by atoms with Crippen molar-refractivity contribution in [3.05, 3.63) is 10.5 Å². The number of thiol groups is 1. The van der Waals surface area contributed by atoms with E-state index in [1.54, 1.807) is 11.8 Å². The summed E-state index contributed by atoms with van der Waals surface area (Å²) >= 11 is 5.41. The second-order valence-electron chi connectivity index (χ2n) is 2.83. The van der Waals surface area contributed by atoms with Gasteiger partial charge in [-0.1, -0.05) is 32.0 Å². The number of allylic oxidation sites excluding steroid dienone is 2. The number of thioether (sulfide) groups is 1. The van der Waals surface area contributed by atoms with Crippen LogP contribution in [0.2, 0.25) is 0 Å². The molecule has 0 unspecified atom stereocenters. The van der Waals surface area contributed by atoms with Crippen molar-refractivity contribution in [3.8, 4) is 10.5 Å². The molecule has 0 bridgehead atoms. The Bertz CT molecular complexity index is 199. The summed E-state index contributed by atoms with van der Waals surface area (Å²) in [6, 6.07) is 0. The molecule has 0 aliphatic carbocycles. The monoisotopic (exact) mass is 186 g/mol. The van der Waals surface area contributed by atoms with Crippen LogP contribution in [0.25, 0.3) is 0 Å². The third kappa shape index (κ3) is 4.44. The molecule has 0 N–H and O–H groups in total. The summed E-state index contributed by atoms with van der Waals surface area (Å²) in [7, 11) is 0. The minimum atomic E-state index is 0.569. The topological polar surface area (TPSA) is 0 Å². The van der Waals surface area contributed by atoms with Crippen LogP contribution in [0, 0.1) is 16.4 Å². The molecule has 0 aromatic carbocycles. The largest absolute Gasteiger partial charge is 0.0913 e. The van der Waals surface area contributed by atoms with Gasteiger partial charge in [-0.15, -0.1) is 0 Å². The van der Waals surface area contributed by atoms with Crippen molar-refractivity contribution in [2.75, 3.05) is 0 Å². The first kappa shape index (κ1) is 11.0. The van der Waals surface area contributed by atoms with Gasteiger partial charge in [-0.2, -0.15) is 0 Å². The number of rotatable bonds is 2. The zero-order valence-electron chi connectivity index (χ0n) is 7.43. The molecule has 0 heterocycles. The zero-order chi connectivity index (χ0) is 8.85. The van der Waals surface area contributed by atoms with E-state index in [1.165, 1.54) is 10.5 Å². The lowest BCUT2D eigenvalue weighted by molar-refractivity contribution is 0.806. The fourth-order valence-corrected chi connectivity index (χ4v) is 1.61. The second-order valence-corrected chi connectivity index (χ2v) is 3.91. The van der Waals surface area contributed by atoms with Crippen molar-refractivity contribution >= 4 is 24.4 Å². The quantitative estimate of drug-likeness (QED) is 0.508.